The van der Waals surface area contributed by atoms with Gasteiger partial charge in [-0.25, -0.2) is 4.98 Å². The van der Waals surface area contributed by atoms with Gasteiger partial charge in [0.15, 0.2) is 0 Å². The van der Waals surface area contributed by atoms with Gasteiger partial charge in [-0.3, -0.25) is 0 Å². The van der Waals surface area contributed by atoms with Crippen molar-refractivity contribution in [1.82, 2.24) is 9.88 Å². The van der Waals surface area contributed by atoms with Gasteiger partial charge < -0.3 is 10.6 Å². The fraction of sp³-hybridized carbons (Fsp3) is 0.471. The molecule has 1 saturated heterocycles. The molecule has 3 nitrogen and oxygen atoms in total. The van der Waals surface area contributed by atoms with Gasteiger partial charge in [-0.15, -0.1) is 11.3 Å². The van der Waals surface area contributed by atoms with E-state index in [1.807, 2.05) is 24.3 Å². The van der Waals surface area contributed by atoms with Crippen LogP contribution in [0.2, 0.25) is 0 Å². The molecule has 0 atom stereocenters. The highest BCUT2D eigenvalue weighted by Crippen LogP contribution is 2.27. The maximum atomic E-state index is 6.02. The minimum absolute atomic E-state index is 0.805. The highest BCUT2D eigenvalue weighted by atomic mass is 32.1. The van der Waals surface area contributed by atoms with Crippen LogP contribution in [0.3, 0.4) is 0 Å². The highest BCUT2D eigenvalue weighted by Gasteiger charge is 2.16. The fourth-order valence-electron chi connectivity index (χ4n) is 2.82. The van der Waals surface area contributed by atoms with Crippen molar-refractivity contribution in [3.8, 4) is 11.3 Å². The third-order valence-corrected chi connectivity index (χ3v) is 5.22. The molecule has 0 saturated carbocycles. The summed E-state index contributed by atoms with van der Waals surface area (Å²) in [6.07, 6.45) is 3.72. The summed E-state index contributed by atoms with van der Waals surface area (Å²) >= 11 is 1.75. The van der Waals surface area contributed by atoms with E-state index >= 15 is 0 Å². The molecular formula is C17H23N3S. The van der Waals surface area contributed by atoms with E-state index in [2.05, 4.69) is 17.2 Å². The molecule has 0 spiro atoms. The average molecular weight is 301 g/mol. The average Bonchev–Trinajstić information content (AvgIpc) is 2.96. The van der Waals surface area contributed by atoms with Crippen LogP contribution in [0.4, 0.5) is 5.69 Å². The maximum absolute atomic E-state index is 6.02. The van der Waals surface area contributed by atoms with E-state index in [0.29, 0.717) is 0 Å². The van der Waals surface area contributed by atoms with Crippen molar-refractivity contribution in [2.24, 2.45) is 5.92 Å². The van der Waals surface area contributed by atoms with E-state index < -0.39 is 0 Å². The number of para-hydroxylation sites is 1. The molecule has 0 aliphatic carbocycles. The topological polar surface area (TPSA) is 42.2 Å². The van der Waals surface area contributed by atoms with Gasteiger partial charge in [0.2, 0.25) is 0 Å². The van der Waals surface area contributed by atoms with Crippen molar-refractivity contribution in [1.29, 1.82) is 0 Å². The quantitative estimate of drug-likeness (QED) is 0.876. The van der Waals surface area contributed by atoms with Gasteiger partial charge in [-0.2, -0.15) is 0 Å². The van der Waals surface area contributed by atoms with Crippen molar-refractivity contribution in [3.63, 3.8) is 0 Å². The molecule has 2 aromatic rings. The molecule has 0 radical (unpaired) electrons. The minimum Gasteiger partial charge on any atom is -0.398 e. The number of nitrogen functional groups attached to an aromatic ring is 1. The normalized spacial score (nSPS) is 17.2. The monoisotopic (exact) mass is 301 g/mol. The molecule has 0 amide bonds. The molecule has 0 unspecified atom stereocenters. The SMILES string of the molecule is CC1CCN(CCc2nc(-c3ccccc3N)cs2)CC1. The van der Waals surface area contributed by atoms with Crippen LogP contribution in [-0.2, 0) is 6.42 Å². The number of thiazole rings is 1. The Morgan fingerprint density at radius 1 is 1.29 bits per heavy atom. The molecule has 2 heterocycles. The van der Waals surface area contributed by atoms with Gasteiger partial charge in [0.05, 0.1) is 10.7 Å². The second-order valence-corrected chi connectivity index (χ2v) is 6.93. The maximum Gasteiger partial charge on any atom is 0.0945 e. The predicted octanol–water partition coefficient (Wildman–Crippen LogP) is 3.67. The summed E-state index contributed by atoms with van der Waals surface area (Å²) in [5.74, 6) is 0.897. The third-order valence-electron chi connectivity index (χ3n) is 4.31. The first-order valence-corrected chi connectivity index (χ1v) is 8.62. The number of nitrogens with two attached hydrogens (primary N) is 1. The summed E-state index contributed by atoms with van der Waals surface area (Å²) in [7, 11) is 0. The second-order valence-electron chi connectivity index (χ2n) is 5.99. The number of rotatable bonds is 4. The molecule has 4 heteroatoms. The lowest BCUT2D eigenvalue weighted by atomic mass is 9.99. The first-order valence-electron chi connectivity index (χ1n) is 7.74. The Bertz CT molecular complexity index is 585. The summed E-state index contributed by atoms with van der Waals surface area (Å²) in [5.41, 5.74) is 8.89. The molecule has 1 fully saturated rings. The van der Waals surface area contributed by atoms with Crippen LogP contribution >= 0.6 is 11.3 Å². The Hall–Kier alpha value is -1.39. The zero-order chi connectivity index (χ0) is 14.7. The smallest absolute Gasteiger partial charge is 0.0945 e. The number of aromatic nitrogens is 1. The number of likely N-dealkylation sites (tertiary alicyclic amines) is 1. The molecule has 21 heavy (non-hydrogen) atoms. The summed E-state index contributed by atoms with van der Waals surface area (Å²) in [6, 6.07) is 7.95. The third kappa shape index (κ3) is 3.63. The summed E-state index contributed by atoms with van der Waals surface area (Å²) < 4.78 is 0. The minimum atomic E-state index is 0.805. The largest absolute Gasteiger partial charge is 0.398 e. The van der Waals surface area contributed by atoms with Crippen LogP contribution in [0.25, 0.3) is 11.3 Å². The van der Waals surface area contributed by atoms with Crippen LogP contribution in [0, 0.1) is 5.92 Å². The summed E-state index contributed by atoms with van der Waals surface area (Å²) in [6.45, 7) is 5.97. The Morgan fingerprint density at radius 2 is 2.05 bits per heavy atom. The van der Waals surface area contributed by atoms with Gasteiger partial charge >= 0.3 is 0 Å². The van der Waals surface area contributed by atoms with Crippen LogP contribution in [0.15, 0.2) is 29.6 Å². The van der Waals surface area contributed by atoms with Crippen LogP contribution in [-0.4, -0.2) is 29.5 Å². The van der Waals surface area contributed by atoms with Crippen LogP contribution < -0.4 is 5.73 Å². The molecule has 3 rings (SSSR count). The van der Waals surface area contributed by atoms with Gasteiger partial charge in [0.25, 0.3) is 0 Å². The van der Waals surface area contributed by atoms with Crippen molar-refractivity contribution < 1.29 is 0 Å². The number of hydrogen-bond acceptors (Lipinski definition) is 4. The highest BCUT2D eigenvalue weighted by molar-refractivity contribution is 7.09. The summed E-state index contributed by atoms with van der Waals surface area (Å²) in [5, 5.41) is 3.34. The molecule has 2 N–H and O–H groups in total. The predicted molar refractivity (Wildman–Crippen MR) is 90.5 cm³/mol. The van der Waals surface area contributed by atoms with E-state index in [1.165, 1.54) is 30.9 Å². The number of nitrogens with zero attached hydrogens (tertiary/aromatic N) is 2. The van der Waals surface area contributed by atoms with E-state index in [-0.39, 0.29) is 0 Å². The number of piperidine rings is 1. The molecular weight excluding hydrogens is 278 g/mol. The van der Waals surface area contributed by atoms with E-state index in [0.717, 1.165) is 35.8 Å². The van der Waals surface area contributed by atoms with Gasteiger partial charge in [0, 0.05) is 29.6 Å². The number of hydrogen-bond donors (Lipinski definition) is 1. The Kier molecular flexibility index (Phi) is 4.56. The fourth-order valence-corrected chi connectivity index (χ4v) is 3.61. The Balaban J connectivity index is 1.59. The molecule has 0 bridgehead atoms. The zero-order valence-electron chi connectivity index (χ0n) is 12.6. The first kappa shape index (κ1) is 14.5. The molecule has 1 aromatic carbocycles. The molecule has 1 aromatic heterocycles. The van der Waals surface area contributed by atoms with Crippen LogP contribution in [0.5, 0.6) is 0 Å². The lowest BCUT2D eigenvalue weighted by Gasteiger charge is -2.29. The Morgan fingerprint density at radius 3 is 2.81 bits per heavy atom. The number of benzene rings is 1. The molecule has 1 aliphatic rings. The molecule has 112 valence electrons. The lowest BCUT2D eigenvalue weighted by Crippen LogP contribution is -2.34. The zero-order valence-corrected chi connectivity index (χ0v) is 13.4. The number of anilines is 1. The van der Waals surface area contributed by atoms with Crippen LogP contribution in [0.1, 0.15) is 24.8 Å². The van der Waals surface area contributed by atoms with Crippen molar-refractivity contribution in [2.75, 3.05) is 25.4 Å². The van der Waals surface area contributed by atoms with Crippen molar-refractivity contribution in [2.45, 2.75) is 26.2 Å². The standard InChI is InChI=1S/C17H23N3S/c1-13-6-9-20(10-7-13)11-8-17-19-16(12-21-17)14-4-2-3-5-15(14)18/h2-5,12-13H,6-11,18H2,1H3. The van der Waals surface area contributed by atoms with E-state index in [9.17, 15) is 0 Å². The van der Waals surface area contributed by atoms with Crippen molar-refractivity contribution >= 4 is 17.0 Å². The van der Waals surface area contributed by atoms with E-state index in [4.69, 9.17) is 10.7 Å². The second kappa shape index (κ2) is 6.58. The summed E-state index contributed by atoms with van der Waals surface area (Å²) in [4.78, 5) is 7.32. The van der Waals surface area contributed by atoms with Gasteiger partial charge in [-0.05, 0) is 37.9 Å². The van der Waals surface area contributed by atoms with Gasteiger partial charge in [0.1, 0.15) is 0 Å². The first-order chi connectivity index (χ1) is 10.2. The van der Waals surface area contributed by atoms with Gasteiger partial charge in [-0.1, -0.05) is 25.1 Å². The molecule has 1 aliphatic heterocycles. The van der Waals surface area contributed by atoms with E-state index in [1.54, 1.807) is 11.3 Å². The van der Waals surface area contributed by atoms with Crippen molar-refractivity contribution in [3.05, 3.63) is 34.7 Å². The Labute approximate surface area is 130 Å². The lowest BCUT2D eigenvalue weighted by molar-refractivity contribution is 0.194.